The lowest BCUT2D eigenvalue weighted by Crippen LogP contribution is -2.28. The van der Waals surface area contributed by atoms with Gasteiger partial charge in [-0.2, -0.15) is 0 Å². The molecular weight excluding hydrogens is 713 g/mol. The molecule has 13 rings (SSSR count). The van der Waals surface area contributed by atoms with Gasteiger partial charge in [0.05, 0.1) is 11.6 Å². The molecule has 0 radical (unpaired) electrons. The van der Waals surface area contributed by atoms with Crippen LogP contribution in [-0.2, 0) is 5.41 Å². The fourth-order valence-corrected chi connectivity index (χ4v) is 9.84. The van der Waals surface area contributed by atoms with Crippen LogP contribution in [0.4, 0.5) is 0 Å². The van der Waals surface area contributed by atoms with E-state index in [1.54, 1.807) is 12.4 Å². The summed E-state index contributed by atoms with van der Waals surface area (Å²) in [6, 6.07) is 58.9. The van der Waals surface area contributed by atoms with Gasteiger partial charge < -0.3 is 13.3 Å². The predicted octanol–water partition coefficient (Wildman–Crippen LogP) is 13.9. The molecule has 270 valence electrons. The molecule has 7 aromatic carbocycles. The lowest BCUT2D eigenvalue weighted by atomic mass is 9.67. The molecular formula is C53H30N2O3. The molecule has 0 atom stereocenters. The van der Waals surface area contributed by atoms with E-state index in [0.29, 0.717) is 5.71 Å². The van der Waals surface area contributed by atoms with Gasteiger partial charge in [-0.05, 0) is 111 Å². The zero-order valence-corrected chi connectivity index (χ0v) is 30.9. The monoisotopic (exact) mass is 742 g/mol. The summed E-state index contributed by atoms with van der Waals surface area (Å²) in [5.74, 6) is 0. The molecule has 5 heteroatoms. The molecule has 5 nitrogen and oxygen atoms in total. The first kappa shape index (κ1) is 31.4. The standard InChI is InChI=1S/C53H30N2O3/c1-3-10-34(11-4-1)53(35-12-5-2-6-13-35)43-28-32(31-18-21-47-42(26-31)37-15-9-24-55-52(37)58-47)17-20-38(43)49-44(53)29-40(51-50(49)39-14-7-8-16-45(39)57-51)33-19-22-46-41(27-33)36-23-25-54-30-48(36)56-46/h1-30H. The molecule has 0 fully saturated rings. The zero-order chi connectivity index (χ0) is 38.0. The van der Waals surface area contributed by atoms with Crippen LogP contribution in [-0.4, -0.2) is 9.97 Å². The van der Waals surface area contributed by atoms with Gasteiger partial charge in [-0.3, -0.25) is 4.98 Å². The van der Waals surface area contributed by atoms with Gasteiger partial charge in [-0.15, -0.1) is 0 Å². The number of furan rings is 3. The molecule has 12 aromatic rings. The number of pyridine rings is 2. The van der Waals surface area contributed by atoms with Crippen molar-refractivity contribution in [1.82, 2.24) is 9.97 Å². The van der Waals surface area contributed by atoms with Crippen LogP contribution in [0, 0.1) is 0 Å². The smallest absolute Gasteiger partial charge is 0.227 e. The number of benzene rings is 7. The molecule has 1 aliphatic carbocycles. The van der Waals surface area contributed by atoms with Crippen LogP contribution >= 0.6 is 0 Å². The number of hydrogen-bond donors (Lipinski definition) is 0. The maximum Gasteiger partial charge on any atom is 0.227 e. The van der Waals surface area contributed by atoms with Crippen molar-refractivity contribution in [3.05, 3.63) is 205 Å². The second-order valence-electron chi connectivity index (χ2n) is 15.2. The highest BCUT2D eigenvalue weighted by Gasteiger charge is 2.48. The van der Waals surface area contributed by atoms with E-state index in [4.69, 9.17) is 13.3 Å². The van der Waals surface area contributed by atoms with Gasteiger partial charge in [0, 0.05) is 50.3 Å². The van der Waals surface area contributed by atoms with Crippen LogP contribution in [0.3, 0.4) is 0 Å². The van der Waals surface area contributed by atoms with Crippen molar-refractivity contribution in [2.75, 3.05) is 0 Å². The van der Waals surface area contributed by atoms with Crippen LogP contribution in [0.2, 0.25) is 0 Å². The van der Waals surface area contributed by atoms with Crippen molar-refractivity contribution in [3.63, 3.8) is 0 Å². The van der Waals surface area contributed by atoms with E-state index < -0.39 is 5.41 Å². The molecule has 0 saturated heterocycles. The van der Waals surface area contributed by atoms with Crippen molar-refractivity contribution in [2.24, 2.45) is 0 Å². The zero-order valence-electron chi connectivity index (χ0n) is 30.9. The molecule has 0 amide bonds. The molecule has 5 aromatic heterocycles. The maximum absolute atomic E-state index is 6.95. The number of fused-ring (bicyclic) bond motifs is 13. The minimum atomic E-state index is -0.668. The summed E-state index contributed by atoms with van der Waals surface area (Å²) in [4.78, 5) is 8.81. The van der Waals surface area contributed by atoms with Gasteiger partial charge in [-0.1, -0.05) is 103 Å². The average molecular weight is 743 g/mol. The summed E-state index contributed by atoms with van der Waals surface area (Å²) in [7, 11) is 0. The van der Waals surface area contributed by atoms with Gasteiger partial charge in [0.1, 0.15) is 22.3 Å². The van der Waals surface area contributed by atoms with Crippen LogP contribution in [0.1, 0.15) is 22.3 Å². The molecule has 0 bridgehead atoms. The minimum Gasteiger partial charge on any atom is -0.455 e. The molecule has 0 N–H and O–H groups in total. The normalized spacial score (nSPS) is 13.3. The van der Waals surface area contributed by atoms with E-state index >= 15 is 0 Å². The van der Waals surface area contributed by atoms with Crippen molar-refractivity contribution >= 4 is 65.9 Å². The first-order valence-electron chi connectivity index (χ1n) is 19.5. The maximum atomic E-state index is 6.95. The van der Waals surface area contributed by atoms with Crippen LogP contribution in [0.15, 0.2) is 196 Å². The summed E-state index contributed by atoms with van der Waals surface area (Å²) in [6.45, 7) is 0. The Bertz CT molecular complexity index is 3590. The Hall–Kier alpha value is -7.76. The third kappa shape index (κ3) is 4.19. The Morgan fingerprint density at radius 3 is 1.93 bits per heavy atom. The number of rotatable bonds is 4. The lowest BCUT2D eigenvalue weighted by Gasteiger charge is -2.34. The summed E-state index contributed by atoms with van der Waals surface area (Å²) in [5, 5.41) is 6.35. The molecule has 1 aliphatic rings. The topological polar surface area (TPSA) is 65.2 Å². The largest absolute Gasteiger partial charge is 0.455 e. The summed E-state index contributed by atoms with van der Waals surface area (Å²) in [5.41, 5.74) is 15.7. The second kappa shape index (κ2) is 11.6. The van der Waals surface area contributed by atoms with E-state index in [1.807, 2.05) is 18.3 Å². The SMILES string of the molecule is c1ccc(C2(c3ccccc3)c3cc(-c4ccc5oc6ncccc6c5c4)ccc3-c3c2cc(-c2ccc4oc5cnccc5c4c2)c2oc4ccccc4c32)cc1. The van der Waals surface area contributed by atoms with E-state index in [9.17, 15) is 0 Å². The van der Waals surface area contributed by atoms with Gasteiger partial charge in [0.2, 0.25) is 5.71 Å². The van der Waals surface area contributed by atoms with E-state index in [2.05, 4.69) is 162 Å². The predicted molar refractivity (Wildman–Crippen MR) is 232 cm³/mol. The van der Waals surface area contributed by atoms with Crippen LogP contribution < -0.4 is 0 Å². The molecule has 0 spiro atoms. The van der Waals surface area contributed by atoms with Crippen molar-refractivity contribution in [2.45, 2.75) is 5.41 Å². The van der Waals surface area contributed by atoms with Crippen molar-refractivity contribution in [3.8, 4) is 33.4 Å². The molecule has 0 saturated carbocycles. The Labute approximate surface area is 331 Å². The van der Waals surface area contributed by atoms with Crippen LogP contribution in [0.25, 0.3) is 99.3 Å². The fourth-order valence-electron chi connectivity index (χ4n) is 9.84. The molecule has 5 heterocycles. The number of aromatic nitrogens is 2. The highest BCUT2D eigenvalue weighted by molar-refractivity contribution is 6.20. The van der Waals surface area contributed by atoms with Crippen molar-refractivity contribution in [1.29, 1.82) is 0 Å². The lowest BCUT2D eigenvalue weighted by molar-refractivity contribution is 0.654. The summed E-state index contributed by atoms with van der Waals surface area (Å²) >= 11 is 0. The van der Waals surface area contributed by atoms with Gasteiger partial charge in [-0.25, -0.2) is 4.98 Å². The summed E-state index contributed by atoms with van der Waals surface area (Å²) in [6.07, 6.45) is 5.38. The first-order chi connectivity index (χ1) is 28.7. The highest BCUT2D eigenvalue weighted by Crippen LogP contribution is 2.60. The molecule has 0 aliphatic heterocycles. The third-order valence-corrected chi connectivity index (χ3v) is 12.3. The van der Waals surface area contributed by atoms with E-state index in [0.717, 1.165) is 82.5 Å². The Morgan fingerprint density at radius 2 is 1.09 bits per heavy atom. The second-order valence-corrected chi connectivity index (χ2v) is 15.2. The van der Waals surface area contributed by atoms with E-state index in [1.165, 1.54) is 33.4 Å². The number of para-hydroxylation sites is 1. The van der Waals surface area contributed by atoms with Gasteiger partial charge >= 0.3 is 0 Å². The van der Waals surface area contributed by atoms with Crippen LogP contribution in [0.5, 0.6) is 0 Å². The number of hydrogen-bond acceptors (Lipinski definition) is 5. The Kier molecular flexibility index (Phi) is 6.31. The van der Waals surface area contributed by atoms with Gasteiger partial charge in [0.15, 0.2) is 5.58 Å². The van der Waals surface area contributed by atoms with Gasteiger partial charge in [0.25, 0.3) is 0 Å². The van der Waals surface area contributed by atoms with Crippen molar-refractivity contribution < 1.29 is 13.3 Å². The minimum absolute atomic E-state index is 0.649. The molecule has 58 heavy (non-hydrogen) atoms. The number of nitrogens with zero attached hydrogens (tertiary/aromatic N) is 2. The fraction of sp³-hybridized carbons (Fsp3) is 0.0189. The molecule has 0 unspecified atom stereocenters. The summed E-state index contributed by atoms with van der Waals surface area (Å²) < 4.78 is 19.3. The Balaban J connectivity index is 1.16. The van der Waals surface area contributed by atoms with E-state index in [-0.39, 0.29) is 0 Å². The highest BCUT2D eigenvalue weighted by atomic mass is 16.3. The Morgan fingerprint density at radius 1 is 0.414 bits per heavy atom. The average Bonchev–Trinajstić information content (AvgIpc) is 4.04. The quantitative estimate of drug-likeness (QED) is 0.180. The third-order valence-electron chi connectivity index (χ3n) is 12.3. The first-order valence-corrected chi connectivity index (χ1v) is 19.5.